The molecule has 0 saturated heterocycles. The predicted molar refractivity (Wildman–Crippen MR) is 74.1 cm³/mol. The van der Waals surface area contributed by atoms with Crippen molar-refractivity contribution < 1.29 is 24.2 Å². The zero-order valence-electron chi connectivity index (χ0n) is 12.5. The molecule has 6 heteroatoms. The molecule has 0 aliphatic rings. The van der Waals surface area contributed by atoms with Gasteiger partial charge in [-0.15, -0.1) is 0 Å². The molecule has 1 amide bonds. The van der Waals surface area contributed by atoms with Gasteiger partial charge in [-0.05, 0) is 19.3 Å². The molecular formula is C14H25NO5. The Labute approximate surface area is 119 Å². The number of carbonyl (C=O) groups is 3. The lowest BCUT2D eigenvalue weighted by atomic mass is 9.97. The van der Waals surface area contributed by atoms with Crippen LogP contribution >= 0.6 is 0 Å². The number of unbranched alkanes of at least 4 members (excludes halogenated alkanes) is 1. The lowest BCUT2D eigenvalue weighted by Gasteiger charge is -2.19. The molecule has 0 spiro atoms. The molecule has 6 nitrogen and oxygen atoms in total. The number of aliphatic carboxylic acids is 1. The SMILES string of the molecule is CCCCC(CC)C(=O)N[C@H](CCC(=O)OC)C(=O)O. The summed E-state index contributed by atoms with van der Waals surface area (Å²) >= 11 is 0. The summed E-state index contributed by atoms with van der Waals surface area (Å²) in [5.74, 6) is -2.04. The maximum Gasteiger partial charge on any atom is 0.326 e. The lowest BCUT2D eigenvalue weighted by Crippen LogP contribution is -2.43. The maximum atomic E-state index is 12.0. The number of hydrogen-bond acceptors (Lipinski definition) is 4. The smallest absolute Gasteiger partial charge is 0.326 e. The topological polar surface area (TPSA) is 92.7 Å². The average molecular weight is 287 g/mol. The molecule has 0 aliphatic carbocycles. The number of carboxylic acids is 1. The van der Waals surface area contributed by atoms with Gasteiger partial charge >= 0.3 is 11.9 Å². The summed E-state index contributed by atoms with van der Waals surface area (Å²) in [5, 5.41) is 11.6. The van der Waals surface area contributed by atoms with E-state index in [2.05, 4.69) is 10.1 Å². The van der Waals surface area contributed by atoms with Gasteiger partial charge in [0.05, 0.1) is 7.11 Å². The maximum absolute atomic E-state index is 12.0. The third kappa shape index (κ3) is 7.11. The van der Waals surface area contributed by atoms with Crippen LogP contribution in [-0.2, 0) is 19.1 Å². The minimum absolute atomic E-state index is 0.0283. The van der Waals surface area contributed by atoms with Crippen molar-refractivity contribution in [2.75, 3.05) is 7.11 Å². The van der Waals surface area contributed by atoms with Crippen LogP contribution in [0.1, 0.15) is 52.4 Å². The number of ether oxygens (including phenoxy) is 1. The number of nitrogens with one attached hydrogen (secondary N) is 1. The Morgan fingerprint density at radius 2 is 1.85 bits per heavy atom. The number of carboxylic acid groups (broad SMARTS) is 1. The van der Waals surface area contributed by atoms with E-state index in [0.717, 1.165) is 19.3 Å². The van der Waals surface area contributed by atoms with E-state index >= 15 is 0 Å². The van der Waals surface area contributed by atoms with Crippen LogP contribution in [0.5, 0.6) is 0 Å². The fraction of sp³-hybridized carbons (Fsp3) is 0.786. The largest absolute Gasteiger partial charge is 0.480 e. The summed E-state index contributed by atoms with van der Waals surface area (Å²) in [4.78, 5) is 34.1. The van der Waals surface area contributed by atoms with E-state index in [1.807, 2.05) is 13.8 Å². The van der Waals surface area contributed by atoms with E-state index in [9.17, 15) is 14.4 Å². The molecule has 20 heavy (non-hydrogen) atoms. The van der Waals surface area contributed by atoms with Gasteiger partial charge in [-0.3, -0.25) is 9.59 Å². The highest BCUT2D eigenvalue weighted by Gasteiger charge is 2.24. The van der Waals surface area contributed by atoms with Gasteiger partial charge in [-0.25, -0.2) is 4.79 Å². The first-order valence-electron chi connectivity index (χ1n) is 7.06. The summed E-state index contributed by atoms with van der Waals surface area (Å²) in [6, 6.07) is -1.04. The van der Waals surface area contributed by atoms with Crippen molar-refractivity contribution in [3.63, 3.8) is 0 Å². The summed E-state index contributed by atoms with van der Waals surface area (Å²) in [6.07, 6.45) is 3.37. The first-order chi connectivity index (χ1) is 9.46. The minimum atomic E-state index is -1.13. The number of rotatable bonds is 10. The van der Waals surface area contributed by atoms with Crippen LogP contribution in [0.3, 0.4) is 0 Å². The van der Waals surface area contributed by atoms with E-state index in [1.165, 1.54) is 7.11 Å². The molecule has 0 aromatic heterocycles. The van der Waals surface area contributed by atoms with Gasteiger partial charge in [-0.1, -0.05) is 26.7 Å². The Hall–Kier alpha value is -1.59. The molecule has 0 radical (unpaired) electrons. The van der Waals surface area contributed by atoms with Crippen LogP contribution in [0.2, 0.25) is 0 Å². The quantitative estimate of drug-likeness (QED) is 0.597. The lowest BCUT2D eigenvalue weighted by molar-refractivity contribution is -0.144. The molecular weight excluding hydrogens is 262 g/mol. The zero-order valence-corrected chi connectivity index (χ0v) is 12.5. The number of amides is 1. The Kier molecular flexibility index (Phi) is 9.41. The van der Waals surface area contributed by atoms with Gasteiger partial charge in [-0.2, -0.15) is 0 Å². The highest BCUT2D eigenvalue weighted by atomic mass is 16.5. The van der Waals surface area contributed by atoms with Crippen LogP contribution in [-0.4, -0.2) is 36.1 Å². The summed E-state index contributed by atoms with van der Waals surface area (Å²) in [7, 11) is 1.24. The standard InChI is InChI=1S/C14H25NO5/c1-4-6-7-10(5-2)13(17)15-11(14(18)19)8-9-12(16)20-3/h10-11H,4-9H2,1-3H3,(H,15,17)(H,18,19)/t10?,11-/m1/s1. The normalized spacial score (nSPS) is 13.3. The van der Waals surface area contributed by atoms with Gasteiger partial charge in [0.25, 0.3) is 0 Å². The van der Waals surface area contributed by atoms with E-state index < -0.39 is 18.0 Å². The number of methoxy groups -OCH3 is 1. The molecule has 2 N–H and O–H groups in total. The van der Waals surface area contributed by atoms with Crippen molar-refractivity contribution in [3.8, 4) is 0 Å². The Morgan fingerprint density at radius 1 is 1.20 bits per heavy atom. The molecule has 0 heterocycles. The first-order valence-corrected chi connectivity index (χ1v) is 7.06. The molecule has 0 saturated carbocycles. The van der Waals surface area contributed by atoms with Gasteiger partial charge in [0, 0.05) is 12.3 Å². The van der Waals surface area contributed by atoms with E-state index in [0.29, 0.717) is 6.42 Å². The van der Waals surface area contributed by atoms with E-state index in [1.54, 1.807) is 0 Å². The molecule has 0 fully saturated rings. The molecule has 0 aliphatic heterocycles. The minimum Gasteiger partial charge on any atom is -0.480 e. The van der Waals surface area contributed by atoms with Gasteiger partial charge < -0.3 is 15.2 Å². The molecule has 1 unspecified atom stereocenters. The van der Waals surface area contributed by atoms with Crippen molar-refractivity contribution in [1.82, 2.24) is 5.32 Å². The number of esters is 1. The molecule has 0 rings (SSSR count). The molecule has 0 aromatic carbocycles. The highest BCUT2D eigenvalue weighted by molar-refractivity contribution is 5.85. The van der Waals surface area contributed by atoms with Crippen LogP contribution in [0.15, 0.2) is 0 Å². The second-order valence-electron chi connectivity index (χ2n) is 4.76. The Morgan fingerprint density at radius 3 is 2.30 bits per heavy atom. The molecule has 116 valence electrons. The van der Waals surface area contributed by atoms with Crippen molar-refractivity contribution in [3.05, 3.63) is 0 Å². The fourth-order valence-electron chi connectivity index (χ4n) is 1.88. The third-order valence-electron chi connectivity index (χ3n) is 3.25. The van der Waals surface area contributed by atoms with Crippen LogP contribution in [0.25, 0.3) is 0 Å². The molecule has 0 aromatic rings. The Bertz CT molecular complexity index is 330. The van der Waals surface area contributed by atoms with Crippen LogP contribution in [0.4, 0.5) is 0 Å². The summed E-state index contributed by atoms with van der Waals surface area (Å²) in [6.45, 7) is 3.95. The zero-order chi connectivity index (χ0) is 15.5. The predicted octanol–water partition coefficient (Wildman–Crippen LogP) is 1.73. The molecule has 0 bridgehead atoms. The van der Waals surface area contributed by atoms with Crippen molar-refractivity contribution in [2.45, 2.75) is 58.4 Å². The van der Waals surface area contributed by atoms with E-state index in [4.69, 9.17) is 5.11 Å². The average Bonchev–Trinajstić information content (AvgIpc) is 2.43. The summed E-state index contributed by atoms with van der Waals surface area (Å²) < 4.78 is 4.46. The second kappa shape index (κ2) is 10.2. The van der Waals surface area contributed by atoms with Crippen molar-refractivity contribution in [1.29, 1.82) is 0 Å². The van der Waals surface area contributed by atoms with E-state index in [-0.39, 0.29) is 24.7 Å². The fourth-order valence-corrected chi connectivity index (χ4v) is 1.88. The number of carbonyl (C=O) groups excluding carboxylic acids is 2. The van der Waals surface area contributed by atoms with Gasteiger partial charge in [0.2, 0.25) is 5.91 Å². The Balaban J connectivity index is 4.45. The highest BCUT2D eigenvalue weighted by Crippen LogP contribution is 2.13. The number of hydrogen-bond donors (Lipinski definition) is 2. The summed E-state index contributed by atoms with van der Waals surface area (Å²) in [5.41, 5.74) is 0. The van der Waals surface area contributed by atoms with Gasteiger partial charge in [0.15, 0.2) is 0 Å². The third-order valence-corrected chi connectivity index (χ3v) is 3.25. The van der Waals surface area contributed by atoms with Crippen molar-refractivity contribution in [2.24, 2.45) is 5.92 Å². The van der Waals surface area contributed by atoms with Gasteiger partial charge in [0.1, 0.15) is 6.04 Å². The van der Waals surface area contributed by atoms with Crippen LogP contribution < -0.4 is 5.32 Å². The van der Waals surface area contributed by atoms with Crippen molar-refractivity contribution >= 4 is 17.8 Å². The molecule has 2 atom stereocenters. The monoisotopic (exact) mass is 287 g/mol. The first kappa shape index (κ1) is 18.4. The van der Waals surface area contributed by atoms with Crippen LogP contribution in [0, 0.1) is 5.92 Å². The second-order valence-corrected chi connectivity index (χ2v) is 4.76.